The largest absolute Gasteiger partial charge is 0.355 e. The van der Waals surface area contributed by atoms with E-state index in [1.165, 1.54) is 5.69 Å². The molecule has 0 bridgehead atoms. The predicted octanol–water partition coefficient (Wildman–Crippen LogP) is 2.66. The molecule has 2 N–H and O–H groups in total. The van der Waals surface area contributed by atoms with Crippen LogP contribution >= 0.6 is 11.3 Å². The first-order chi connectivity index (χ1) is 10.5. The molecular weight excluding hydrogens is 294 g/mol. The van der Waals surface area contributed by atoms with E-state index in [1.54, 1.807) is 18.4 Å². The van der Waals surface area contributed by atoms with Crippen molar-refractivity contribution < 1.29 is 0 Å². The van der Waals surface area contributed by atoms with Crippen LogP contribution in [0.1, 0.15) is 51.2 Å². The molecule has 0 aliphatic heterocycles. The second-order valence-electron chi connectivity index (χ2n) is 5.70. The molecule has 126 valence electrons. The van der Waals surface area contributed by atoms with E-state index in [-0.39, 0.29) is 0 Å². The number of hydrogen-bond acceptors (Lipinski definition) is 4. The molecule has 0 saturated heterocycles. The molecule has 6 heteroatoms. The number of guanidine groups is 1. The van der Waals surface area contributed by atoms with Crippen LogP contribution < -0.4 is 10.6 Å². The van der Waals surface area contributed by atoms with Gasteiger partial charge < -0.3 is 10.6 Å². The minimum atomic E-state index is 0.484. The molecule has 0 radical (unpaired) electrons. The number of nitrogens with one attached hydrogen (secondary N) is 2. The SMILES string of the molecule is CCN(CC)C(C)CNC(=NC)NCc1nc(C(C)C)cs1. The zero-order chi connectivity index (χ0) is 16.5. The first kappa shape index (κ1) is 18.9. The maximum Gasteiger partial charge on any atom is 0.191 e. The third-order valence-electron chi connectivity index (χ3n) is 3.79. The molecule has 5 nitrogen and oxygen atoms in total. The number of hydrogen-bond donors (Lipinski definition) is 2. The van der Waals surface area contributed by atoms with Crippen LogP contribution in [-0.2, 0) is 6.54 Å². The van der Waals surface area contributed by atoms with E-state index < -0.39 is 0 Å². The topological polar surface area (TPSA) is 52.5 Å². The summed E-state index contributed by atoms with van der Waals surface area (Å²) in [5.74, 6) is 1.32. The van der Waals surface area contributed by atoms with Crippen molar-refractivity contribution in [3.8, 4) is 0 Å². The molecule has 0 fully saturated rings. The van der Waals surface area contributed by atoms with Crippen molar-refractivity contribution in [1.29, 1.82) is 0 Å². The van der Waals surface area contributed by atoms with Gasteiger partial charge in [-0.25, -0.2) is 4.98 Å². The van der Waals surface area contributed by atoms with Gasteiger partial charge in [0.15, 0.2) is 5.96 Å². The van der Waals surface area contributed by atoms with Gasteiger partial charge in [-0.05, 0) is 25.9 Å². The van der Waals surface area contributed by atoms with Crippen molar-refractivity contribution in [3.63, 3.8) is 0 Å². The van der Waals surface area contributed by atoms with Crippen LogP contribution in [0.5, 0.6) is 0 Å². The summed E-state index contributed by atoms with van der Waals surface area (Å²) < 4.78 is 0. The molecule has 1 heterocycles. The Morgan fingerprint density at radius 2 is 1.95 bits per heavy atom. The lowest BCUT2D eigenvalue weighted by Crippen LogP contribution is -2.45. The Kier molecular flexibility index (Phi) is 8.42. The Bertz CT molecular complexity index is 451. The fourth-order valence-corrected chi connectivity index (χ4v) is 3.17. The molecule has 22 heavy (non-hydrogen) atoms. The lowest BCUT2D eigenvalue weighted by Gasteiger charge is -2.27. The van der Waals surface area contributed by atoms with E-state index in [2.05, 4.69) is 65.5 Å². The minimum absolute atomic E-state index is 0.484. The number of thiazole rings is 1. The summed E-state index contributed by atoms with van der Waals surface area (Å²) >= 11 is 1.70. The van der Waals surface area contributed by atoms with E-state index in [1.807, 2.05) is 0 Å². The summed E-state index contributed by atoms with van der Waals surface area (Å²) in [5, 5.41) is 9.97. The molecule has 1 rings (SSSR count). The van der Waals surface area contributed by atoms with Gasteiger partial charge in [-0.1, -0.05) is 27.7 Å². The fraction of sp³-hybridized carbons (Fsp3) is 0.750. The molecule has 0 aromatic carbocycles. The van der Waals surface area contributed by atoms with Gasteiger partial charge in [0.05, 0.1) is 12.2 Å². The molecule has 1 unspecified atom stereocenters. The van der Waals surface area contributed by atoms with Gasteiger partial charge in [-0.2, -0.15) is 0 Å². The zero-order valence-electron chi connectivity index (χ0n) is 14.8. The third kappa shape index (κ3) is 5.93. The quantitative estimate of drug-likeness (QED) is 0.570. The maximum absolute atomic E-state index is 4.63. The minimum Gasteiger partial charge on any atom is -0.355 e. The first-order valence-electron chi connectivity index (χ1n) is 8.14. The average molecular weight is 326 g/mol. The normalized spacial score (nSPS) is 13.7. The summed E-state index contributed by atoms with van der Waals surface area (Å²) in [4.78, 5) is 11.3. The van der Waals surface area contributed by atoms with E-state index >= 15 is 0 Å². The Morgan fingerprint density at radius 3 is 2.45 bits per heavy atom. The molecule has 0 amide bonds. The Balaban J connectivity index is 2.42. The Labute approximate surface area is 139 Å². The molecule has 1 aromatic heterocycles. The van der Waals surface area contributed by atoms with Gasteiger partial charge in [0, 0.05) is 25.0 Å². The summed E-state index contributed by atoms with van der Waals surface area (Å²) in [6.07, 6.45) is 0. The smallest absolute Gasteiger partial charge is 0.191 e. The van der Waals surface area contributed by atoms with Crippen LogP contribution in [0.2, 0.25) is 0 Å². The van der Waals surface area contributed by atoms with E-state index in [0.717, 1.165) is 37.1 Å². The van der Waals surface area contributed by atoms with Crippen molar-refractivity contribution in [1.82, 2.24) is 20.5 Å². The third-order valence-corrected chi connectivity index (χ3v) is 4.66. The summed E-state index contributed by atoms with van der Waals surface area (Å²) in [7, 11) is 1.80. The average Bonchev–Trinajstić information content (AvgIpc) is 2.98. The first-order valence-corrected chi connectivity index (χ1v) is 9.02. The molecule has 1 aromatic rings. The van der Waals surface area contributed by atoms with Crippen molar-refractivity contribution in [2.45, 2.75) is 53.1 Å². The highest BCUT2D eigenvalue weighted by atomic mass is 32.1. The summed E-state index contributed by atoms with van der Waals surface area (Å²) in [6, 6.07) is 0.487. The fourth-order valence-electron chi connectivity index (χ4n) is 2.27. The lowest BCUT2D eigenvalue weighted by molar-refractivity contribution is 0.231. The van der Waals surface area contributed by atoms with E-state index in [4.69, 9.17) is 0 Å². The Morgan fingerprint density at radius 1 is 1.27 bits per heavy atom. The van der Waals surface area contributed by atoms with Crippen molar-refractivity contribution in [2.24, 2.45) is 4.99 Å². The van der Waals surface area contributed by atoms with Gasteiger partial charge in [0.2, 0.25) is 0 Å². The number of aromatic nitrogens is 1. The zero-order valence-corrected chi connectivity index (χ0v) is 15.6. The highest BCUT2D eigenvalue weighted by Gasteiger charge is 2.11. The van der Waals surface area contributed by atoms with E-state index in [0.29, 0.717) is 12.0 Å². The molecule has 0 aliphatic carbocycles. The Hall–Kier alpha value is -1.14. The van der Waals surface area contributed by atoms with Crippen molar-refractivity contribution in [3.05, 3.63) is 16.1 Å². The van der Waals surface area contributed by atoms with Crippen LogP contribution in [0.3, 0.4) is 0 Å². The highest BCUT2D eigenvalue weighted by Crippen LogP contribution is 2.17. The highest BCUT2D eigenvalue weighted by molar-refractivity contribution is 7.09. The number of rotatable bonds is 8. The molecule has 0 saturated carbocycles. The maximum atomic E-state index is 4.63. The van der Waals surface area contributed by atoms with Crippen LogP contribution in [0.15, 0.2) is 10.4 Å². The van der Waals surface area contributed by atoms with Gasteiger partial charge in [0.25, 0.3) is 0 Å². The second kappa shape index (κ2) is 9.79. The van der Waals surface area contributed by atoms with E-state index in [9.17, 15) is 0 Å². The molecule has 1 atom stereocenters. The van der Waals surface area contributed by atoms with Gasteiger partial charge in [0.1, 0.15) is 5.01 Å². The standard InChI is InChI=1S/C16H31N5S/c1-7-21(8-2)13(5)9-18-16(17-6)19-10-15-20-14(11-22-15)12(3)4/h11-13H,7-10H2,1-6H3,(H2,17,18,19). The van der Waals surface area contributed by atoms with Gasteiger partial charge in [-0.3, -0.25) is 9.89 Å². The summed E-state index contributed by atoms with van der Waals surface area (Å²) in [6.45, 7) is 14.7. The number of likely N-dealkylation sites (N-methyl/N-ethyl adjacent to an activating group) is 1. The van der Waals surface area contributed by atoms with Gasteiger partial charge in [-0.15, -0.1) is 11.3 Å². The molecule has 0 aliphatic rings. The monoisotopic (exact) mass is 325 g/mol. The lowest BCUT2D eigenvalue weighted by atomic mass is 10.2. The van der Waals surface area contributed by atoms with Crippen molar-refractivity contribution in [2.75, 3.05) is 26.7 Å². The van der Waals surface area contributed by atoms with Crippen LogP contribution in [0, 0.1) is 0 Å². The van der Waals surface area contributed by atoms with Crippen LogP contribution in [0.4, 0.5) is 0 Å². The second-order valence-corrected chi connectivity index (χ2v) is 6.64. The molecular formula is C16H31N5S. The predicted molar refractivity (Wildman–Crippen MR) is 96.8 cm³/mol. The van der Waals surface area contributed by atoms with Crippen LogP contribution in [0.25, 0.3) is 0 Å². The van der Waals surface area contributed by atoms with Crippen molar-refractivity contribution >= 4 is 17.3 Å². The number of nitrogens with zero attached hydrogens (tertiary/aromatic N) is 3. The molecule has 0 spiro atoms. The number of aliphatic imine (C=N–C) groups is 1. The van der Waals surface area contributed by atoms with Gasteiger partial charge >= 0.3 is 0 Å². The van der Waals surface area contributed by atoms with Crippen LogP contribution in [-0.4, -0.2) is 48.6 Å². The summed E-state index contributed by atoms with van der Waals surface area (Å²) in [5.41, 5.74) is 1.17.